The van der Waals surface area contributed by atoms with Crippen molar-refractivity contribution in [2.45, 2.75) is 39.2 Å². The highest BCUT2D eigenvalue weighted by Crippen LogP contribution is 2.22. The number of hydrogen-bond acceptors (Lipinski definition) is 3. The van der Waals surface area contributed by atoms with Gasteiger partial charge in [0.25, 0.3) is 0 Å². The van der Waals surface area contributed by atoms with E-state index < -0.39 is 0 Å². The summed E-state index contributed by atoms with van der Waals surface area (Å²) in [4.78, 5) is 4.68. The van der Waals surface area contributed by atoms with E-state index in [1.165, 1.54) is 0 Å². The molecule has 3 nitrogen and oxygen atoms in total. The number of nitrogens with zero attached hydrogens (tertiary/aromatic N) is 1. The van der Waals surface area contributed by atoms with E-state index in [1.54, 1.807) is 6.20 Å². The highest BCUT2D eigenvalue weighted by Gasteiger charge is 2.21. The Bertz CT molecular complexity index is 372. The number of thiocarbonyl (C=S) groups is 1. The molecule has 0 bridgehead atoms. The molecule has 0 amide bonds. The van der Waals surface area contributed by atoms with Crippen LogP contribution in [0.4, 0.5) is 5.82 Å². The Kier molecular flexibility index (Phi) is 4.24. The van der Waals surface area contributed by atoms with Gasteiger partial charge in [-0.1, -0.05) is 26.1 Å². The molecule has 0 aliphatic carbocycles. The van der Waals surface area contributed by atoms with Crippen LogP contribution in [0.1, 0.15) is 39.2 Å². The Morgan fingerprint density at radius 3 is 2.62 bits per heavy atom. The lowest BCUT2D eigenvalue weighted by atomic mass is 9.95. The molecule has 0 aromatic carbocycles. The van der Waals surface area contributed by atoms with Gasteiger partial charge in [0.2, 0.25) is 0 Å². The summed E-state index contributed by atoms with van der Waals surface area (Å²) < 4.78 is 0. The first-order valence-electron chi connectivity index (χ1n) is 5.55. The Morgan fingerprint density at radius 2 is 2.12 bits per heavy atom. The minimum Gasteiger partial charge on any atom is -0.389 e. The smallest absolute Gasteiger partial charge is 0.136 e. The van der Waals surface area contributed by atoms with Crippen LogP contribution in [0, 0.1) is 0 Å². The first kappa shape index (κ1) is 12.9. The van der Waals surface area contributed by atoms with Crippen LogP contribution in [-0.4, -0.2) is 15.5 Å². The van der Waals surface area contributed by atoms with Gasteiger partial charge in [0.1, 0.15) is 10.8 Å². The molecule has 0 unspecified atom stereocenters. The average molecular weight is 237 g/mol. The van der Waals surface area contributed by atoms with Crippen LogP contribution < -0.4 is 11.1 Å². The fourth-order valence-corrected chi connectivity index (χ4v) is 1.58. The molecular weight excluding hydrogens is 218 g/mol. The van der Waals surface area contributed by atoms with Gasteiger partial charge in [-0.25, -0.2) is 4.98 Å². The molecule has 0 fully saturated rings. The van der Waals surface area contributed by atoms with Gasteiger partial charge in [0.15, 0.2) is 0 Å². The van der Waals surface area contributed by atoms with Crippen LogP contribution in [0.15, 0.2) is 18.3 Å². The zero-order valence-corrected chi connectivity index (χ0v) is 10.9. The maximum Gasteiger partial charge on any atom is 0.136 e. The third-order valence-corrected chi connectivity index (χ3v) is 3.27. The molecule has 1 aromatic heterocycles. The molecule has 88 valence electrons. The topological polar surface area (TPSA) is 50.9 Å². The highest BCUT2D eigenvalue weighted by molar-refractivity contribution is 7.80. The van der Waals surface area contributed by atoms with Gasteiger partial charge in [0, 0.05) is 11.7 Å². The lowest BCUT2D eigenvalue weighted by Crippen LogP contribution is -2.34. The number of pyridine rings is 1. The maximum atomic E-state index is 5.67. The third kappa shape index (κ3) is 2.92. The van der Waals surface area contributed by atoms with Crippen molar-refractivity contribution >= 4 is 23.0 Å². The first-order valence-corrected chi connectivity index (χ1v) is 5.96. The average Bonchev–Trinajstić information content (AvgIpc) is 2.29. The van der Waals surface area contributed by atoms with E-state index in [-0.39, 0.29) is 5.54 Å². The number of anilines is 1. The zero-order chi connectivity index (χ0) is 12.2. The fourth-order valence-electron chi connectivity index (χ4n) is 1.42. The predicted molar refractivity (Wildman–Crippen MR) is 72.7 cm³/mol. The van der Waals surface area contributed by atoms with Gasteiger partial charge < -0.3 is 11.1 Å². The lowest BCUT2D eigenvalue weighted by molar-refractivity contribution is 0.476. The second kappa shape index (κ2) is 5.25. The van der Waals surface area contributed by atoms with Crippen LogP contribution in [0.2, 0.25) is 0 Å². The number of nitrogens with one attached hydrogen (secondary N) is 1. The first-order chi connectivity index (χ1) is 7.52. The lowest BCUT2D eigenvalue weighted by Gasteiger charge is -2.29. The van der Waals surface area contributed by atoms with E-state index >= 15 is 0 Å². The van der Waals surface area contributed by atoms with E-state index in [1.807, 2.05) is 12.1 Å². The van der Waals surface area contributed by atoms with Gasteiger partial charge in [-0.05, 0) is 31.9 Å². The second-order valence-corrected chi connectivity index (χ2v) is 4.60. The number of aromatic nitrogens is 1. The Balaban J connectivity index is 3.01. The van der Waals surface area contributed by atoms with Crippen molar-refractivity contribution in [1.82, 2.24) is 4.98 Å². The molecule has 0 aliphatic rings. The van der Waals surface area contributed by atoms with Crippen LogP contribution >= 0.6 is 12.2 Å². The molecule has 0 saturated heterocycles. The van der Waals surface area contributed by atoms with Crippen LogP contribution in [-0.2, 0) is 0 Å². The molecule has 0 atom stereocenters. The van der Waals surface area contributed by atoms with Crippen molar-refractivity contribution in [3.8, 4) is 0 Å². The number of nitrogens with two attached hydrogens (primary N) is 1. The summed E-state index contributed by atoms with van der Waals surface area (Å²) in [6, 6.07) is 3.73. The molecule has 1 heterocycles. The maximum absolute atomic E-state index is 5.67. The molecule has 16 heavy (non-hydrogen) atoms. The van der Waals surface area contributed by atoms with Crippen molar-refractivity contribution in [3.05, 3.63) is 23.9 Å². The summed E-state index contributed by atoms with van der Waals surface area (Å²) in [5.41, 5.74) is 6.51. The third-order valence-electron chi connectivity index (χ3n) is 3.05. The predicted octanol–water partition coefficient (Wildman–Crippen LogP) is 2.71. The summed E-state index contributed by atoms with van der Waals surface area (Å²) >= 11 is 5.01. The van der Waals surface area contributed by atoms with Gasteiger partial charge in [-0.3, -0.25) is 0 Å². The molecule has 1 aromatic rings. The molecule has 0 radical (unpaired) electrons. The second-order valence-electron chi connectivity index (χ2n) is 4.16. The largest absolute Gasteiger partial charge is 0.389 e. The standard InChI is InChI=1S/C12H19N3S/c1-4-12(3,5-2)15-11-9(10(13)16)7-6-8-14-11/h6-8H,4-5H2,1-3H3,(H2,13,16)(H,14,15). The van der Waals surface area contributed by atoms with E-state index in [2.05, 4.69) is 31.1 Å². The number of hydrogen-bond donors (Lipinski definition) is 2. The van der Waals surface area contributed by atoms with Crippen molar-refractivity contribution in [1.29, 1.82) is 0 Å². The van der Waals surface area contributed by atoms with E-state index in [4.69, 9.17) is 18.0 Å². The molecule has 1 rings (SSSR count). The Hall–Kier alpha value is -1.16. The van der Waals surface area contributed by atoms with Crippen molar-refractivity contribution in [2.24, 2.45) is 5.73 Å². The summed E-state index contributed by atoms with van der Waals surface area (Å²) in [5.74, 6) is 0.779. The molecule has 0 saturated carbocycles. The van der Waals surface area contributed by atoms with E-state index in [0.717, 1.165) is 24.2 Å². The van der Waals surface area contributed by atoms with Gasteiger partial charge >= 0.3 is 0 Å². The minimum absolute atomic E-state index is 0.0356. The zero-order valence-electron chi connectivity index (χ0n) is 10.1. The Morgan fingerprint density at radius 1 is 1.50 bits per heavy atom. The minimum atomic E-state index is 0.0356. The van der Waals surface area contributed by atoms with Gasteiger partial charge in [-0.15, -0.1) is 0 Å². The quantitative estimate of drug-likeness (QED) is 0.773. The monoisotopic (exact) mass is 237 g/mol. The molecular formula is C12H19N3S. The molecule has 4 heteroatoms. The van der Waals surface area contributed by atoms with Crippen molar-refractivity contribution in [3.63, 3.8) is 0 Å². The summed E-state index contributed by atoms with van der Waals surface area (Å²) in [6.45, 7) is 6.48. The van der Waals surface area contributed by atoms with E-state index in [0.29, 0.717) is 4.99 Å². The fraction of sp³-hybridized carbons (Fsp3) is 0.500. The van der Waals surface area contributed by atoms with Crippen LogP contribution in [0.25, 0.3) is 0 Å². The van der Waals surface area contributed by atoms with Crippen molar-refractivity contribution < 1.29 is 0 Å². The molecule has 3 N–H and O–H groups in total. The van der Waals surface area contributed by atoms with Gasteiger partial charge in [-0.2, -0.15) is 0 Å². The molecule has 0 aliphatic heterocycles. The normalized spacial score (nSPS) is 11.2. The van der Waals surface area contributed by atoms with Crippen LogP contribution in [0.5, 0.6) is 0 Å². The summed E-state index contributed by atoms with van der Waals surface area (Å²) in [7, 11) is 0. The Labute approximate surface area is 102 Å². The molecule has 0 spiro atoms. The SMILES string of the molecule is CCC(C)(CC)Nc1ncccc1C(N)=S. The van der Waals surface area contributed by atoms with Crippen LogP contribution in [0.3, 0.4) is 0 Å². The highest BCUT2D eigenvalue weighted by atomic mass is 32.1. The summed E-state index contributed by atoms with van der Waals surface area (Å²) in [5, 5.41) is 3.43. The van der Waals surface area contributed by atoms with Gasteiger partial charge in [0.05, 0.1) is 5.56 Å². The number of rotatable bonds is 5. The van der Waals surface area contributed by atoms with E-state index in [9.17, 15) is 0 Å². The van der Waals surface area contributed by atoms with Crippen molar-refractivity contribution in [2.75, 3.05) is 5.32 Å². The summed E-state index contributed by atoms with van der Waals surface area (Å²) in [6.07, 6.45) is 3.80.